The van der Waals surface area contributed by atoms with Gasteiger partial charge in [-0.25, -0.2) is 0 Å². The van der Waals surface area contributed by atoms with E-state index in [-0.39, 0.29) is 12.1 Å². The van der Waals surface area contributed by atoms with Crippen molar-refractivity contribution in [2.75, 3.05) is 18.4 Å². The maximum Gasteiger partial charge on any atom is 0.253 e. The number of ether oxygens (including phenoxy) is 1. The summed E-state index contributed by atoms with van der Waals surface area (Å²) in [4.78, 5) is 18.9. The Hall–Kier alpha value is -2.56. The van der Waals surface area contributed by atoms with Crippen molar-refractivity contribution in [2.24, 2.45) is 0 Å². The molecule has 1 aromatic carbocycles. The van der Waals surface area contributed by atoms with E-state index >= 15 is 0 Å². The van der Waals surface area contributed by atoms with Crippen LogP contribution in [0, 0.1) is 6.92 Å². The molecule has 0 fully saturated rings. The molecule has 27 heavy (non-hydrogen) atoms. The molecule has 0 radical (unpaired) electrons. The fraction of sp³-hybridized carbons (Fsp3) is 0.455. The molecule has 2 rings (SSSR count). The van der Waals surface area contributed by atoms with E-state index in [1.807, 2.05) is 42.2 Å². The zero-order valence-corrected chi connectivity index (χ0v) is 16.9. The number of amides is 1. The van der Waals surface area contributed by atoms with E-state index in [2.05, 4.69) is 31.1 Å². The lowest BCUT2D eigenvalue weighted by Gasteiger charge is -2.23. The number of carbonyl (C=O) groups is 1. The fourth-order valence-corrected chi connectivity index (χ4v) is 2.99. The average molecular weight is 370 g/mol. The number of carbonyl (C=O) groups excluding carboxylic acids is 1. The molecule has 0 spiro atoms. The van der Waals surface area contributed by atoms with Crippen molar-refractivity contribution in [1.29, 1.82) is 0 Å². The van der Waals surface area contributed by atoms with Crippen LogP contribution in [0.15, 0.2) is 42.7 Å². The van der Waals surface area contributed by atoms with E-state index in [0.29, 0.717) is 11.3 Å². The summed E-state index contributed by atoms with van der Waals surface area (Å²) in [5, 5.41) is 3.35. The molecule has 0 saturated carbocycles. The summed E-state index contributed by atoms with van der Waals surface area (Å²) in [5.74, 6) is 0.780. The van der Waals surface area contributed by atoms with Crippen LogP contribution >= 0.6 is 0 Å². The smallest absolute Gasteiger partial charge is 0.253 e. The first-order valence-electron chi connectivity index (χ1n) is 9.81. The van der Waals surface area contributed by atoms with Crippen LogP contribution in [0.4, 0.5) is 5.69 Å². The van der Waals surface area contributed by atoms with E-state index in [9.17, 15) is 4.79 Å². The van der Waals surface area contributed by atoms with Crippen molar-refractivity contribution >= 4 is 11.6 Å². The van der Waals surface area contributed by atoms with E-state index in [1.165, 1.54) is 0 Å². The number of aryl methyl sites for hydroxylation is 1. The zero-order valence-electron chi connectivity index (χ0n) is 16.9. The van der Waals surface area contributed by atoms with Crippen LogP contribution in [0.2, 0.25) is 0 Å². The van der Waals surface area contributed by atoms with Gasteiger partial charge in [0.1, 0.15) is 5.75 Å². The fourth-order valence-electron chi connectivity index (χ4n) is 2.99. The molecule has 5 heteroatoms. The third-order valence-electron chi connectivity index (χ3n) is 4.23. The quantitative estimate of drug-likeness (QED) is 0.607. The third-order valence-corrected chi connectivity index (χ3v) is 4.23. The summed E-state index contributed by atoms with van der Waals surface area (Å²) in [5.41, 5.74) is 2.66. The van der Waals surface area contributed by atoms with Gasteiger partial charge in [0, 0.05) is 43.2 Å². The second-order valence-corrected chi connectivity index (χ2v) is 6.72. The molecule has 146 valence electrons. The predicted octanol–water partition coefficient (Wildman–Crippen LogP) is 4.88. The number of hydrogen-bond donors (Lipinski definition) is 1. The molecule has 1 aromatic heterocycles. The molecule has 1 heterocycles. The summed E-state index contributed by atoms with van der Waals surface area (Å²) in [6.07, 6.45) is 6.00. The first-order valence-corrected chi connectivity index (χ1v) is 9.81. The first kappa shape index (κ1) is 20.7. The summed E-state index contributed by atoms with van der Waals surface area (Å²) >= 11 is 0. The van der Waals surface area contributed by atoms with Crippen molar-refractivity contribution in [3.05, 3.63) is 53.9 Å². The third kappa shape index (κ3) is 6.27. The van der Waals surface area contributed by atoms with Crippen molar-refractivity contribution in [3.63, 3.8) is 0 Å². The highest BCUT2D eigenvalue weighted by Crippen LogP contribution is 2.21. The molecule has 0 aliphatic carbocycles. The molecule has 1 atom stereocenters. The lowest BCUT2D eigenvalue weighted by Crippen LogP contribution is -2.32. The van der Waals surface area contributed by atoms with Crippen LogP contribution in [0.1, 0.15) is 56.0 Å². The first-order chi connectivity index (χ1) is 13.1. The largest absolute Gasteiger partial charge is 0.471 e. The van der Waals surface area contributed by atoms with Crippen LogP contribution < -0.4 is 10.1 Å². The number of nitrogens with one attached hydrogen (secondary N) is 1. The summed E-state index contributed by atoms with van der Waals surface area (Å²) in [7, 11) is 0. The van der Waals surface area contributed by atoms with Gasteiger partial charge in [-0.2, -0.15) is 0 Å². The standard InChI is InChI=1S/C22H31N3O2/c1-5-12-25(13-6-2)22(26)18-14-17(4)15-20(16-18)27-21(7-3)24-19-8-10-23-11-9-19/h8-11,14-16,21H,5-7,12-13H2,1-4H3,(H,23,24). The Morgan fingerprint density at radius 3 is 2.37 bits per heavy atom. The molecule has 5 nitrogen and oxygen atoms in total. The Labute approximate surface area is 162 Å². The van der Waals surface area contributed by atoms with Gasteiger partial charge in [0.15, 0.2) is 6.23 Å². The highest BCUT2D eigenvalue weighted by molar-refractivity contribution is 5.94. The van der Waals surface area contributed by atoms with Gasteiger partial charge in [-0.15, -0.1) is 0 Å². The molecule has 1 N–H and O–H groups in total. The molecule has 0 aliphatic heterocycles. The van der Waals surface area contributed by atoms with Crippen molar-refractivity contribution in [1.82, 2.24) is 9.88 Å². The number of nitrogens with zero attached hydrogens (tertiary/aromatic N) is 2. The summed E-state index contributed by atoms with van der Waals surface area (Å²) < 4.78 is 6.14. The van der Waals surface area contributed by atoms with Gasteiger partial charge >= 0.3 is 0 Å². The maximum atomic E-state index is 12.9. The predicted molar refractivity (Wildman–Crippen MR) is 110 cm³/mol. The molecule has 2 aromatic rings. The SMILES string of the molecule is CCCN(CCC)C(=O)c1cc(C)cc(OC(CC)Nc2ccncc2)c1. The van der Waals surface area contributed by atoms with Crippen LogP contribution in [-0.4, -0.2) is 35.1 Å². The van der Waals surface area contributed by atoms with Gasteiger partial charge < -0.3 is 15.0 Å². The second-order valence-electron chi connectivity index (χ2n) is 6.72. The number of hydrogen-bond acceptors (Lipinski definition) is 4. The van der Waals surface area contributed by atoms with E-state index in [0.717, 1.165) is 43.6 Å². The van der Waals surface area contributed by atoms with Crippen molar-refractivity contribution in [3.8, 4) is 5.75 Å². The number of rotatable bonds is 10. The minimum absolute atomic E-state index is 0.0717. The van der Waals surface area contributed by atoms with Gasteiger partial charge in [0.05, 0.1) is 0 Å². The molecule has 0 saturated heterocycles. The average Bonchev–Trinajstić information content (AvgIpc) is 2.67. The Kier molecular flexibility index (Phi) is 8.11. The van der Waals surface area contributed by atoms with Crippen LogP contribution in [0.25, 0.3) is 0 Å². The normalized spacial score (nSPS) is 11.7. The number of benzene rings is 1. The summed E-state index contributed by atoms with van der Waals surface area (Å²) in [6.45, 7) is 9.79. The second kappa shape index (κ2) is 10.6. The van der Waals surface area contributed by atoms with E-state index in [1.54, 1.807) is 12.4 Å². The lowest BCUT2D eigenvalue weighted by atomic mass is 10.1. The number of aromatic nitrogens is 1. The van der Waals surface area contributed by atoms with Crippen LogP contribution in [0.5, 0.6) is 5.75 Å². The van der Waals surface area contributed by atoms with Crippen LogP contribution in [0.3, 0.4) is 0 Å². The highest BCUT2D eigenvalue weighted by atomic mass is 16.5. The maximum absolute atomic E-state index is 12.9. The van der Waals surface area contributed by atoms with Gasteiger partial charge in [-0.3, -0.25) is 9.78 Å². The topological polar surface area (TPSA) is 54.5 Å². The van der Waals surface area contributed by atoms with Crippen LogP contribution in [-0.2, 0) is 0 Å². The molecular weight excluding hydrogens is 338 g/mol. The van der Waals surface area contributed by atoms with E-state index in [4.69, 9.17) is 4.74 Å². The highest BCUT2D eigenvalue weighted by Gasteiger charge is 2.17. The monoisotopic (exact) mass is 369 g/mol. The Morgan fingerprint density at radius 1 is 1.11 bits per heavy atom. The molecular formula is C22H31N3O2. The molecule has 0 bridgehead atoms. The van der Waals surface area contributed by atoms with Crippen molar-refractivity contribution in [2.45, 2.75) is 53.2 Å². The van der Waals surface area contributed by atoms with Gasteiger partial charge in [-0.1, -0.05) is 20.8 Å². The van der Waals surface area contributed by atoms with Gasteiger partial charge in [0.2, 0.25) is 0 Å². The lowest BCUT2D eigenvalue weighted by molar-refractivity contribution is 0.0754. The zero-order chi connectivity index (χ0) is 19.6. The Bertz CT molecular complexity index is 713. The Morgan fingerprint density at radius 2 is 1.78 bits per heavy atom. The Balaban J connectivity index is 2.16. The molecule has 0 aliphatic rings. The van der Waals surface area contributed by atoms with Crippen molar-refractivity contribution < 1.29 is 9.53 Å². The van der Waals surface area contributed by atoms with E-state index < -0.39 is 0 Å². The van der Waals surface area contributed by atoms with Gasteiger partial charge in [-0.05, 0) is 55.7 Å². The minimum atomic E-state index is -0.181. The minimum Gasteiger partial charge on any atom is -0.471 e. The number of pyridine rings is 1. The molecule has 1 amide bonds. The number of anilines is 1. The van der Waals surface area contributed by atoms with Gasteiger partial charge in [0.25, 0.3) is 5.91 Å². The molecule has 1 unspecified atom stereocenters. The summed E-state index contributed by atoms with van der Waals surface area (Å²) in [6, 6.07) is 9.57.